The van der Waals surface area contributed by atoms with Crippen LogP contribution in [0, 0.1) is 0 Å². The van der Waals surface area contributed by atoms with Crippen molar-refractivity contribution in [1.29, 1.82) is 0 Å². The summed E-state index contributed by atoms with van der Waals surface area (Å²) in [5, 5.41) is 40.4. The molecule has 5 atom stereocenters. The fourth-order valence-electron chi connectivity index (χ4n) is 5.89. The van der Waals surface area contributed by atoms with Crippen molar-refractivity contribution in [3.05, 3.63) is 177 Å². The van der Waals surface area contributed by atoms with Crippen LogP contribution in [0.2, 0.25) is 10.0 Å². The number of carbonyl (C=O) groups is 2. The largest absolute Gasteiger partial charge is 0.388 e. The molecule has 0 aromatic heterocycles. The lowest BCUT2D eigenvalue weighted by molar-refractivity contribution is -0.139. The molecule has 2 amide bonds. The average Bonchev–Trinajstić information content (AvgIpc) is 3.14. The summed E-state index contributed by atoms with van der Waals surface area (Å²) in [4.78, 5) is 27.4. The molecule has 5 rings (SSSR count). The lowest BCUT2D eigenvalue weighted by atomic mass is 9.88. The number of aliphatic hydroxyl groups excluding tert-OH is 3. The molecule has 7 nitrogen and oxygen atoms in total. The van der Waals surface area contributed by atoms with E-state index in [-0.39, 0.29) is 23.8 Å². The smallest absolute Gasteiger partial charge is 0.252 e. The third-order valence-electron chi connectivity index (χ3n) is 8.50. The summed E-state index contributed by atoms with van der Waals surface area (Å²) >= 11 is 12.4. The fourth-order valence-corrected chi connectivity index (χ4v) is 6.21. The molecule has 5 aromatic rings. The van der Waals surface area contributed by atoms with Gasteiger partial charge in [-0.15, -0.1) is 0 Å². The molecule has 9 heteroatoms. The summed E-state index contributed by atoms with van der Waals surface area (Å²) < 4.78 is 0. The van der Waals surface area contributed by atoms with E-state index in [1.54, 1.807) is 66.7 Å². The van der Waals surface area contributed by atoms with Gasteiger partial charge in [0, 0.05) is 12.3 Å². The first-order valence-corrected chi connectivity index (χ1v) is 16.7. The van der Waals surface area contributed by atoms with Gasteiger partial charge in [-0.1, -0.05) is 151 Å². The van der Waals surface area contributed by atoms with Gasteiger partial charge in [0.15, 0.2) is 6.10 Å². The highest BCUT2D eigenvalue weighted by molar-refractivity contribution is 6.42. The zero-order chi connectivity index (χ0) is 34.8. The van der Waals surface area contributed by atoms with E-state index < -0.39 is 42.2 Å². The van der Waals surface area contributed by atoms with E-state index in [0.29, 0.717) is 21.7 Å². The van der Waals surface area contributed by atoms with Crippen LogP contribution in [0.3, 0.4) is 0 Å². The van der Waals surface area contributed by atoms with Crippen LogP contribution in [0.4, 0.5) is 0 Å². The van der Waals surface area contributed by atoms with Crippen molar-refractivity contribution in [3.63, 3.8) is 0 Å². The maximum atomic E-state index is 13.7. The summed E-state index contributed by atoms with van der Waals surface area (Å²) in [7, 11) is 0. The maximum Gasteiger partial charge on any atom is 0.252 e. The minimum absolute atomic E-state index is 0.0320. The highest BCUT2D eigenvalue weighted by Crippen LogP contribution is 2.30. The van der Waals surface area contributed by atoms with Gasteiger partial charge in [0.1, 0.15) is 12.2 Å². The van der Waals surface area contributed by atoms with Gasteiger partial charge in [-0.25, -0.2) is 0 Å². The Morgan fingerprint density at radius 2 is 1.08 bits per heavy atom. The molecular formula is C40H38Cl2N2O5. The van der Waals surface area contributed by atoms with Crippen molar-refractivity contribution in [1.82, 2.24) is 10.6 Å². The van der Waals surface area contributed by atoms with E-state index in [0.717, 1.165) is 11.1 Å². The molecule has 0 heterocycles. The van der Waals surface area contributed by atoms with Gasteiger partial charge in [-0.05, 0) is 46.4 Å². The van der Waals surface area contributed by atoms with Crippen molar-refractivity contribution < 1.29 is 24.9 Å². The van der Waals surface area contributed by atoms with E-state index in [4.69, 9.17) is 23.2 Å². The predicted octanol–water partition coefficient (Wildman–Crippen LogP) is 6.56. The molecule has 0 aliphatic carbocycles. The Hall–Kier alpha value is -4.50. The number of amides is 2. The van der Waals surface area contributed by atoms with Crippen LogP contribution < -0.4 is 10.6 Å². The van der Waals surface area contributed by atoms with Crippen LogP contribution in [0.1, 0.15) is 52.3 Å². The van der Waals surface area contributed by atoms with Crippen LogP contribution in [0.15, 0.2) is 140 Å². The Morgan fingerprint density at radius 3 is 1.59 bits per heavy atom. The van der Waals surface area contributed by atoms with Crippen LogP contribution >= 0.6 is 23.2 Å². The maximum absolute atomic E-state index is 13.7. The van der Waals surface area contributed by atoms with Crippen LogP contribution in [0.5, 0.6) is 0 Å². The highest BCUT2D eigenvalue weighted by Gasteiger charge is 2.35. The first kappa shape index (κ1) is 35.8. The summed E-state index contributed by atoms with van der Waals surface area (Å²) in [6, 6.07) is 39.8. The number of carbonyl (C=O) groups excluding carboxylic acids is 2. The average molecular weight is 698 g/mol. The minimum Gasteiger partial charge on any atom is -0.388 e. The van der Waals surface area contributed by atoms with Crippen LogP contribution in [-0.4, -0.2) is 45.4 Å². The molecule has 49 heavy (non-hydrogen) atoms. The number of hydrogen-bond acceptors (Lipinski definition) is 5. The molecule has 5 N–H and O–H groups in total. The van der Waals surface area contributed by atoms with Gasteiger partial charge in [-0.2, -0.15) is 0 Å². The van der Waals surface area contributed by atoms with Gasteiger partial charge in [0.25, 0.3) is 5.91 Å². The second-order valence-electron chi connectivity index (χ2n) is 11.9. The Morgan fingerprint density at radius 1 is 0.592 bits per heavy atom. The molecule has 0 saturated heterocycles. The zero-order valence-electron chi connectivity index (χ0n) is 26.6. The first-order chi connectivity index (χ1) is 23.7. The monoisotopic (exact) mass is 696 g/mol. The van der Waals surface area contributed by atoms with Crippen LogP contribution in [0.25, 0.3) is 0 Å². The Bertz CT molecular complexity index is 1760. The van der Waals surface area contributed by atoms with E-state index >= 15 is 0 Å². The third-order valence-corrected chi connectivity index (χ3v) is 9.24. The molecular weight excluding hydrogens is 659 g/mol. The summed E-state index contributed by atoms with van der Waals surface area (Å²) in [6.45, 7) is 0. The molecule has 5 aromatic carbocycles. The Kier molecular flexibility index (Phi) is 12.6. The topological polar surface area (TPSA) is 119 Å². The van der Waals surface area contributed by atoms with Gasteiger partial charge in [-0.3, -0.25) is 9.59 Å². The van der Waals surface area contributed by atoms with Crippen molar-refractivity contribution in [2.24, 2.45) is 0 Å². The number of nitrogens with one attached hydrogen (secondary N) is 2. The van der Waals surface area contributed by atoms with Crippen molar-refractivity contribution >= 4 is 35.0 Å². The lowest BCUT2D eigenvalue weighted by Crippen LogP contribution is -2.55. The minimum atomic E-state index is -1.97. The second kappa shape index (κ2) is 17.2. The predicted molar refractivity (Wildman–Crippen MR) is 192 cm³/mol. The number of aliphatic hydroxyl groups is 3. The molecule has 0 aliphatic heterocycles. The molecule has 0 radical (unpaired) electrons. The lowest BCUT2D eigenvalue weighted by Gasteiger charge is -2.30. The van der Waals surface area contributed by atoms with E-state index in [1.165, 1.54) is 0 Å². The third kappa shape index (κ3) is 9.57. The van der Waals surface area contributed by atoms with Crippen LogP contribution in [-0.2, 0) is 16.0 Å². The first-order valence-electron chi connectivity index (χ1n) is 16.0. The molecule has 0 aliphatic rings. The van der Waals surface area contributed by atoms with E-state index in [9.17, 15) is 24.9 Å². The molecule has 252 valence electrons. The molecule has 5 unspecified atom stereocenters. The van der Waals surface area contributed by atoms with Gasteiger partial charge < -0.3 is 26.0 Å². The SMILES string of the molecule is O=C(CC(c1ccccc1)c1ccccc1)NC(Cc1ccc(Cl)c(Cl)c1)C(O)C(O)C(=O)NC(c1ccccc1)C(O)c1ccccc1. The highest BCUT2D eigenvalue weighted by atomic mass is 35.5. The Balaban J connectivity index is 1.39. The molecule has 0 saturated carbocycles. The van der Waals surface area contributed by atoms with Gasteiger partial charge in [0.05, 0.1) is 22.1 Å². The summed E-state index contributed by atoms with van der Waals surface area (Å²) in [5.74, 6) is -1.60. The summed E-state index contributed by atoms with van der Waals surface area (Å²) in [5.41, 5.74) is 3.66. The number of halogens is 2. The number of benzene rings is 5. The van der Waals surface area contributed by atoms with Gasteiger partial charge in [0.2, 0.25) is 5.91 Å². The van der Waals surface area contributed by atoms with Crippen molar-refractivity contribution in [3.8, 4) is 0 Å². The van der Waals surface area contributed by atoms with Crippen molar-refractivity contribution in [2.75, 3.05) is 0 Å². The van der Waals surface area contributed by atoms with E-state index in [2.05, 4.69) is 10.6 Å². The number of hydrogen-bond donors (Lipinski definition) is 5. The second-order valence-corrected chi connectivity index (χ2v) is 12.7. The van der Waals surface area contributed by atoms with Crippen molar-refractivity contribution in [2.45, 2.75) is 49.2 Å². The quantitative estimate of drug-likeness (QED) is 0.0902. The summed E-state index contributed by atoms with van der Waals surface area (Å²) in [6.07, 6.45) is -4.79. The molecule has 0 bridgehead atoms. The van der Waals surface area contributed by atoms with Gasteiger partial charge >= 0.3 is 0 Å². The molecule has 0 fully saturated rings. The fraction of sp³-hybridized carbons (Fsp3) is 0.200. The zero-order valence-corrected chi connectivity index (χ0v) is 28.1. The Labute approximate surface area is 296 Å². The normalized spacial score (nSPS) is 14.3. The van der Waals surface area contributed by atoms with E-state index in [1.807, 2.05) is 72.8 Å². The molecule has 0 spiro atoms. The standard InChI is InChI=1S/C40H38Cl2N2O5/c41-32-22-21-26(23-33(32)42)24-34(43-35(45)25-31(27-13-5-1-6-14-27)28-15-7-2-8-16-28)38(47)39(48)40(49)44-36(29-17-9-3-10-18-29)37(46)30-19-11-4-12-20-30/h1-23,31,34,36-39,46-48H,24-25H2,(H,43,45)(H,44,49). The number of rotatable bonds is 14.